The summed E-state index contributed by atoms with van der Waals surface area (Å²) in [7, 11) is 0. The Hall–Kier alpha value is -5.15. The summed E-state index contributed by atoms with van der Waals surface area (Å²) in [5, 5.41) is 0. The number of nitrogens with zero attached hydrogens (tertiary/aromatic N) is 3. The molecule has 0 fully saturated rings. The van der Waals surface area contributed by atoms with Gasteiger partial charge in [0.25, 0.3) is 0 Å². The fraction of sp³-hybridized carbons (Fsp3) is 0.0541. The van der Waals surface area contributed by atoms with Crippen LogP contribution in [0.1, 0.15) is 11.1 Å². The summed E-state index contributed by atoms with van der Waals surface area (Å²) in [5.74, 6) is 0.891. The zero-order valence-corrected chi connectivity index (χ0v) is 22.8. The summed E-state index contributed by atoms with van der Waals surface area (Å²) in [6.07, 6.45) is 1.84. The molecule has 0 aliphatic carbocycles. The molecule has 0 N–H and O–H groups in total. The van der Waals surface area contributed by atoms with Gasteiger partial charge in [-0.2, -0.15) is 0 Å². The topological polar surface area (TPSA) is 19.4 Å². The van der Waals surface area contributed by atoms with Crippen LogP contribution in [0.2, 0.25) is 0 Å². The van der Waals surface area contributed by atoms with Gasteiger partial charge in [-0.1, -0.05) is 72.8 Å². The van der Waals surface area contributed by atoms with E-state index < -0.39 is 0 Å². The van der Waals surface area contributed by atoms with Crippen molar-refractivity contribution in [2.24, 2.45) is 0 Å². The van der Waals surface area contributed by atoms with Gasteiger partial charge in [0.2, 0.25) is 0 Å². The van der Waals surface area contributed by atoms with Crippen molar-refractivity contribution in [3.8, 4) is 11.1 Å². The Labute approximate surface area is 236 Å². The van der Waals surface area contributed by atoms with E-state index in [2.05, 4.69) is 156 Å². The molecule has 6 rings (SSSR count). The summed E-state index contributed by atoms with van der Waals surface area (Å²) in [6.45, 7) is 4.25. The SMILES string of the molecule is Cc1cccc(N(c2ccccc2)c2ccc(-c3ccc(N(c4cccc(C)c4)c4ccccn4)cc3)cc2)c1. The van der Waals surface area contributed by atoms with Crippen LogP contribution in [0, 0.1) is 13.8 Å². The number of aromatic nitrogens is 1. The van der Waals surface area contributed by atoms with Crippen LogP contribution in [0.4, 0.5) is 34.3 Å². The zero-order valence-electron chi connectivity index (χ0n) is 22.8. The third kappa shape index (κ3) is 5.36. The van der Waals surface area contributed by atoms with Crippen molar-refractivity contribution < 1.29 is 0 Å². The number of pyridine rings is 1. The molecule has 194 valence electrons. The van der Waals surface area contributed by atoms with Crippen LogP contribution in [0.3, 0.4) is 0 Å². The van der Waals surface area contributed by atoms with Crippen molar-refractivity contribution >= 4 is 34.3 Å². The molecule has 0 saturated carbocycles. The summed E-state index contributed by atoms with van der Waals surface area (Å²) in [4.78, 5) is 9.14. The molecule has 6 aromatic rings. The van der Waals surface area contributed by atoms with Crippen molar-refractivity contribution in [3.63, 3.8) is 0 Å². The molecular formula is C37H31N3. The normalized spacial score (nSPS) is 10.8. The van der Waals surface area contributed by atoms with E-state index in [0.717, 1.165) is 34.3 Å². The molecular weight excluding hydrogens is 486 g/mol. The van der Waals surface area contributed by atoms with E-state index in [4.69, 9.17) is 0 Å². The van der Waals surface area contributed by atoms with E-state index in [0.29, 0.717) is 0 Å². The fourth-order valence-electron chi connectivity index (χ4n) is 5.06. The molecule has 0 aliphatic rings. The number of hydrogen-bond donors (Lipinski definition) is 0. The predicted octanol–water partition coefficient (Wildman–Crippen LogP) is 10.3. The number of rotatable bonds is 7. The van der Waals surface area contributed by atoms with Crippen molar-refractivity contribution in [1.29, 1.82) is 0 Å². The minimum Gasteiger partial charge on any atom is -0.310 e. The summed E-state index contributed by atoms with van der Waals surface area (Å²) in [5.41, 5.74) is 10.4. The molecule has 0 radical (unpaired) electrons. The Morgan fingerprint density at radius 3 is 1.40 bits per heavy atom. The van der Waals surface area contributed by atoms with Crippen molar-refractivity contribution in [1.82, 2.24) is 4.98 Å². The highest BCUT2D eigenvalue weighted by atomic mass is 15.2. The average molecular weight is 518 g/mol. The summed E-state index contributed by atoms with van der Waals surface area (Å²) in [6, 6.07) is 51.2. The minimum atomic E-state index is 0.891. The Bertz CT molecular complexity index is 1560. The van der Waals surface area contributed by atoms with E-state index in [1.165, 1.54) is 22.3 Å². The largest absolute Gasteiger partial charge is 0.310 e. The van der Waals surface area contributed by atoms with Crippen LogP contribution in [0.15, 0.2) is 152 Å². The molecule has 40 heavy (non-hydrogen) atoms. The van der Waals surface area contributed by atoms with Crippen molar-refractivity contribution in [2.75, 3.05) is 9.80 Å². The maximum Gasteiger partial charge on any atom is 0.137 e. The molecule has 0 spiro atoms. The van der Waals surface area contributed by atoms with Crippen LogP contribution in [0.25, 0.3) is 11.1 Å². The molecule has 0 bridgehead atoms. The fourth-order valence-corrected chi connectivity index (χ4v) is 5.06. The second-order valence-corrected chi connectivity index (χ2v) is 9.97. The van der Waals surface area contributed by atoms with Gasteiger partial charge in [-0.15, -0.1) is 0 Å². The van der Waals surface area contributed by atoms with Gasteiger partial charge < -0.3 is 4.90 Å². The molecule has 0 amide bonds. The lowest BCUT2D eigenvalue weighted by Gasteiger charge is -2.26. The standard InChI is InChI=1S/C37H31N3/c1-28-10-8-14-35(26-28)39(32-12-4-3-5-13-32)33-21-17-30(18-22-33)31-19-23-34(24-20-31)40(37-16-6-7-25-38-37)36-15-9-11-29(2)27-36/h3-27H,1-2H3. The highest BCUT2D eigenvalue weighted by Gasteiger charge is 2.15. The monoisotopic (exact) mass is 517 g/mol. The molecule has 3 heteroatoms. The van der Waals surface area contributed by atoms with E-state index in [-0.39, 0.29) is 0 Å². The van der Waals surface area contributed by atoms with Gasteiger partial charge in [0.05, 0.1) is 0 Å². The molecule has 0 aliphatic heterocycles. The quantitative estimate of drug-likeness (QED) is 0.210. The van der Waals surface area contributed by atoms with E-state index >= 15 is 0 Å². The first-order chi connectivity index (χ1) is 19.7. The molecule has 0 unspecified atom stereocenters. The zero-order chi connectivity index (χ0) is 27.3. The van der Waals surface area contributed by atoms with E-state index in [1.54, 1.807) is 0 Å². The number of benzene rings is 5. The Kier molecular flexibility index (Phi) is 7.11. The van der Waals surface area contributed by atoms with Crippen LogP contribution in [-0.4, -0.2) is 4.98 Å². The Balaban J connectivity index is 1.32. The third-order valence-electron chi connectivity index (χ3n) is 7.00. The van der Waals surface area contributed by atoms with Crippen LogP contribution in [-0.2, 0) is 0 Å². The van der Waals surface area contributed by atoms with E-state index in [1.807, 2.05) is 24.4 Å². The second kappa shape index (κ2) is 11.3. The lowest BCUT2D eigenvalue weighted by molar-refractivity contribution is 1.18. The van der Waals surface area contributed by atoms with Gasteiger partial charge in [-0.25, -0.2) is 4.98 Å². The number of para-hydroxylation sites is 1. The molecule has 1 aromatic heterocycles. The number of hydrogen-bond acceptors (Lipinski definition) is 3. The number of aryl methyl sites for hydroxylation is 2. The summed E-state index contributed by atoms with van der Waals surface area (Å²) >= 11 is 0. The van der Waals surface area contributed by atoms with Gasteiger partial charge in [0.15, 0.2) is 0 Å². The highest BCUT2D eigenvalue weighted by molar-refractivity contribution is 5.80. The first-order valence-electron chi connectivity index (χ1n) is 13.6. The highest BCUT2D eigenvalue weighted by Crippen LogP contribution is 2.37. The van der Waals surface area contributed by atoms with Gasteiger partial charge in [0.1, 0.15) is 5.82 Å². The average Bonchev–Trinajstić information content (AvgIpc) is 3.00. The van der Waals surface area contributed by atoms with Gasteiger partial charge >= 0.3 is 0 Å². The van der Waals surface area contributed by atoms with Crippen molar-refractivity contribution in [3.05, 3.63) is 163 Å². The molecule has 0 saturated heterocycles. The maximum atomic E-state index is 4.64. The van der Waals surface area contributed by atoms with Crippen LogP contribution in [0.5, 0.6) is 0 Å². The number of anilines is 6. The van der Waals surface area contributed by atoms with Crippen LogP contribution < -0.4 is 9.80 Å². The molecule has 5 aromatic carbocycles. The van der Waals surface area contributed by atoms with Gasteiger partial charge in [-0.05, 0) is 109 Å². The molecule has 0 atom stereocenters. The molecule has 1 heterocycles. The maximum absolute atomic E-state index is 4.64. The first kappa shape index (κ1) is 25.1. The van der Waals surface area contributed by atoms with E-state index in [9.17, 15) is 0 Å². The summed E-state index contributed by atoms with van der Waals surface area (Å²) < 4.78 is 0. The smallest absolute Gasteiger partial charge is 0.137 e. The van der Waals surface area contributed by atoms with Gasteiger partial charge in [0, 0.05) is 34.6 Å². The Morgan fingerprint density at radius 2 is 0.875 bits per heavy atom. The minimum absolute atomic E-state index is 0.891. The van der Waals surface area contributed by atoms with Gasteiger partial charge in [-0.3, -0.25) is 4.90 Å². The van der Waals surface area contributed by atoms with Crippen molar-refractivity contribution in [2.45, 2.75) is 13.8 Å². The predicted molar refractivity (Wildman–Crippen MR) is 169 cm³/mol. The molecule has 3 nitrogen and oxygen atoms in total. The lowest BCUT2D eigenvalue weighted by Crippen LogP contribution is -2.11. The first-order valence-corrected chi connectivity index (χ1v) is 13.6. The second-order valence-electron chi connectivity index (χ2n) is 9.97. The lowest BCUT2D eigenvalue weighted by atomic mass is 10.0. The third-order valence-corrected chi connectivity index (χ3v) is 7.00. The Morgan fingerprint density at radius 1 is 0.400 bits per heavy atom. The van der Waals surface area contributed by atoms with Crippen LogP contribution >= 0.6 is 0 Å².